The lowest BCUT2D eigenvalue weighted by atomic mass is 9.45. The normalized spacial score (nSPS) is 49.2. The lowest BCUT2D eigenvalue weighted by Gasteiger charge is -2.60. The van der Waals surface area contributed by atoms with Gasteiger partial charge >= 0.3 is 11.9 Å². The summed E-state index contributed by atoms with van der Waals surface area (Å²) < 4.78 is 12.0. The minimum atomic E-state index is -1.49. The molecule has 0 heterocycles. The Hall–Kier alpha value is -3.24. The molecule has 0 aliphatic heterocycles. The number of fused-ring (bicyclic) bond motifs is 10. The Morgan fingerprint density at radius 2 is 1.02 bits per heavy atom. The third-order valence-corrected chi connectivity index (χ3v) is 17.5. The molecule has 0 radical (unpaired) electrons. The molecular formula is C44H56O10. The van der Waals surface area contributed by atoms with Crippen LogP contribution in [-0.4, -0.2) is 69.7 Å². The molecule has 8 rings (SSSR count). The van der Waals surface area contributed by atoms with Gasteiger partial charge in [-0.15, -0.1) is 0 Å². The van der Waals surface area contributed by atoms with Crippen LogP contribution in [0.15, 0.2) is 35.5 Å². The van der Waals surface area contributed by atoms with Gasteiger partial charge in [-0.3, -0.25) is 19.2 Å². The number of hydrogen-bond acceptors (Lipinski definition) is 10. The predicted molar refractivity (Wildman–Crippen MR) is 195 cm³/mol. The molecule has 0 aromatic rings. The molecule has 54 heavy (non-hydrogen) atoms. The van der Waals surface area contributed by atoms with Crippen molar-refractivity contribution >= 4 is 36.1 Å². The van der Waals surface area contributed by atoms with Crippen molar-refractivity contribution in [1.82, 2.24) is 0 Å². The van der Waals surface area contributed by atoms with Crippen molar-refractivity contribution in [3.05, 3.63) is 35.5 Å². The van der Waals surface area contributed by atoms with Crippen LogP contribution in [0.4, 0.5) is 0 Å². The Kier molecular flexibility index (Phi) is 8.82. The lowest BCUT2D eigenvalue weighted by Crippen LogP contribution is -2.61. The standard InChI is InChI=1S/C44H56O10/c1-39-15-11-27(47)19-25(39)5-7-29-31-13-17-43(23-45,41(31,3)21-33(49)37(29)39)53-35(51)9-10-36(52)54-44(24-46)18-14-32-30-8-6-26-20-28(48)12-16-40(26,2)38(30)34(50)22-42(32,44)4/h9-10,19-20,23-24,29-34,37-38,49-50H,5-8,11-18,21-22H2,1-4H3/b10-9-/t29?,30?,31-,32-,33-,34-,37+,38+,39-,40-,41-,42-,43-,44-/m0/s1. The fourth-order valence-corrected chi connectivity index (χ4v) is 14.8. The Morgan fingerprint density at radius 1 is 0.630 bits per heavy atom. The van der Waals surface area contributed by atoms with Crippen LogP contribution in [-0.2, 0) is 38.2 Å². The van der Waals surface area contributed by atoms with E-state index in [9.17, 15) is 39.0 Å². The molecule has 8 aliphatic carbocycles. The summed E-state index contributed by atoms with van der Waals surface area (Å²) in [7, 11) is 0. The quantitative estimate of drug-likeness (QED) is 0.202. The zero-order valence-electron chi connectivity index (χ0n) is 32.1. The minimum Gasteiger partial charge on any atom is -0.448 e. The number of aliphatic hydroxyl groups excluding tert-OH is 2. The molecule has 0 spiro atoms. The van der Waals surface area contributed by atoms with E-state index in [0.29, 0.717) is 63.9 Å². The second-order valence-corrected chi connectivity index (χ2v) is 19.4. The molecule has 10 nitrogen and oxygen atoms in total. The molecule has 6 fully saturated rings. The molecule has 0 amide bonds. The van der Waals surface area contributed by atoms with Crippen molar-refractivity contribution in [1.29, 1.82) is 0 Å². The molecular weight excluding hydrogens is 688 g/mol. The number of allylic oxidation sites excluding steroid dienone is 2. The molecule has 8 aliphatic rings. The first-order chi connectivity index (χ1) is 25.5. The molecule has 2 N–H and O–H groups in total. The van der Waals surface area contributed by atoms with Crippen LogP contribution >= 0.6 is 0 Å². The van der Waals surface area contributed by atoms with E-state index in [-0.39, 0.29) is 70.7 Å². The predicted octanol–water partition coefficient (Wildman–Crippen LogP) is 5.51. The van der Waals surface area contributed by atoms with E-state index >= 15 is 0 Å². The van der Waals surface area contributed by atoms with Gasteiger partial charge in [0.05, 0.1) is 12.2 Å². The highest BCUT2D eigenvalue weighted by molar-refractivity contribution is 5.94. The van der Waals surface area contributed by atoms with Crippen LogP contribution in [0.25, 0.3) is 0 Å². The Bertz CT molecular complexity index is 1650. The van der Waals surface area contributed by atoms with E-state index in [2.05, 4.69) is 13.8 Å². The molecule has 14 atom stereocenters. The highest BCUT2D eigenvalue weighted by Gasteiger charge is 2.70. The fourth-order valence-electron chi connectivity index (χ4n) is 14.8. The van der Waals surface area contributed by atoms with E-state index in [1.165, 1.54) is 0 Å². The maximum absolute atomic E-state index is 13.5. The van der Waals surface area contributed by atoms with E-state index in [1.807, 2.05) is 13.8 Å². The number of carbonyl (C=O) groups excluding carboxylic acids is 6. The van der Waals surface area contributed by atoms with Gasteiger partial charge in [0, 0.05) is 35.8 Å². The average Bonchev–Trinajstić information content (AvgIpc) is 3.57. The fraction of sp³-hybridized carbons (Fsp3) is 0.727. The summed E-state index contributed by atoms with van der Waals surface area (Å²) in [5.41, 5.74) is -2.97. The topological polar surface area (TPSA) is 161 Å². The van der Waals surface area contributed by atoms with Gasteiger partial charge in [-0.25, -0.2) is 9.59 Å². The third-order valence-electron chi connectivity index (χ3n) is 17.5. The smallest absolute Gasteiger partial charge is 0.332 e. The van der Waals surface area contributed by atoms with Crippen LogP contribution < -0.4 is 0 Å². The van der Waals surface area contributed by atoms with E-state index in [0.717, 1.165) is 49.0 Å². The van der Waals surface area contributed by atoms with Crippen LogP contribution in [0.3, 0.4) is 0 Å². The maximum atomic E-state index is 13.5. The first-order valence-electron chi connectivity index (χ1n) is 20.4. The minimum absolute atomic E-state index is 0.0257. The third kappa shape index (κ3) is 5.09. The summed E-state index contributed by atoms with van der Waals surface area (Å²) in [6.45, 7) is 8.20. The van der Waals surface area contributed by atoms with Crippen LogP contribution in [0, 0.1) is 57.2 Å². The summed E-state index contributed by atoms with van der Waals surface area (Å²) in [4.78, 5) is 77.4. The van der Waals surface area contributed by atoms with Crippen LogP contribution in [0.5, 0.6) is 0 Å². The number of aliphatic hydroxyl groups is 2. The van der Waals surface area contributed by atoms with Crippen molar-refractivity contribution in [2.24, 2.45) is 57.2 Å². The molecule has 2 unspecified atom stereocenters. The van der Waals surface area contributed by atoms with Crippen molar-refractivity contribution in [3.63, 3.8) is 0 Å². The molecule has 10 heteroatoms. The van der Waals surface area contributed by atoms with E-state index < -0.39 is 46.2 Å². The molecule has 0 bridgehead atoms. The number of hydrogen-bond donors (Lipinski definition) is 2. The molecule has 292 valence electrons. The first kappa shape index (κ1) is 37.7. The zero-order chi connectivity index (χ0) is 38.6. The van der Waals surface area contributed by atoms with Gasteiger partial charge < -0.3 is 19.7 Å². The number of ketones is 2. The largest absolute Gasteiger partial charge is 0.448 e. The number of carbonyl (C=O) groups is 6. The van der Waals surface area contributed by atoms with Gasteiger partial charge in [0.2, 0.25) is 0 Å². The summed E-state index contributed by atoms with van der Waals surface area (Å²) in [6.07, 6.45) is 13.3. The number of esters is 2. The van der Waals surface area contributed by atoms with E-state index in [1.54, 1.807) is 12.2 Å². The highest BCUT2D eigenvalue weighted by atomic mass is 16.6. The van der Waals surface area contributed by atoms with E-state index in [4.69, 9.17) is 9.47 Å². The van der Waals surface area contributed by atoms with Crippen LogP contribution in [0.2, 0.25) is 0 Å². The summed E-state index contributed by atoms with van der Waals surface area (Å²) in [5.74, 6) is -1.32. The average molecular weight is 745 g/mol. The van der Waals surface area contributed by atoms with Gasteiger partial charge in [0.15, 0.2) is 35.3 Å². The summed E-state index contributed by atoms with van der Waals surface area (Å²) in [5, 5.41) is 23.5. The van der Waals surface area contributed by atoms with Gasteiger partial charge in [-0.2, -0.15) is 0 Å². The monoisotopic (exact) mass is 744 g/mol. The first-order valence-corrected chi connectivity index (χ1v) is 20.4. The zero-order valence-corrected chi connectivity index (χ0v) is 32.1. The molecule has 0 aromatic heterocycles. The SMILES string of the molecule is C[C@]12CCC(=O)C=C1CCC1[C@@H]2[C@@H](O)C[C@@]2(C)[C@H]1CC[C@@]2(C=O)OC(=O)/C=C\C(=O)O[C@]1(C=O)CC[C@H]2C3CCC4=CC(=O)CC[C@]4(C)[C@H]3[C@@H](O)C[C@@]21C. The molecule has 0 aromatic carbocycles. The Labute approximate surface area is 317 Å². The Morgan fingerprint density at radius 3 is 1.39 bits per heavy atom. The number of aldehydes is 2. The van der Waals surface area contributed by atoms with Gasteiger partial charge in [0.1, 0.15) is 0 Å². The van der Waals surface area contributed by atoms with Crippen LogP contribution in [0.1, 0.15) is 118 Å². The van der Waals surface area contributed by atoms with Crippen molar-refractivity contribution in [2.75, 3.05) is 0 Å². The summed E-state index contributed by atoms with van der Waals surface area (Å²) >= 11 is 0. The number of rotatable bonds is 6. The second kappa shape index (κ2) is 12.6. The van der Waals surface area contributed by atoms with Gasteiger partial charge in [0.25, 0.3) is 0 Å². The van der Waals surface area contributed by atoms with Crippen molar-refractivity contribution < 1.29 is 48.5 Å². The van der Waals surface area contributed by atoms with Crippen molar-refractivity contribution in [3.8, 4) is 0 Å². The molecule has 0 saturated heterocycles. The van der Waals surface area contributed by atoms with Gasteiger partial charge in [-0.1, -0.05) is 38.8 Å². The maximum Gasteiger partial charge on any atom is 0.332 e. The highest BCUT2D eigenvalue weighted by Crippen LogP contribution is 2.69. The number of ether oxygens (including phenoxy) is 2. The van der Waals surface area contributed by atoms with Gasteiger partial charge in [-0.05, 0) is 136 Å². The second-order valence-electron chi connectivity index (χ2n) is 19.4. The molecule has 6 saturated carbocycles. The lowest BCUT2D eigenvalue weighted by molar-refractivity contribution is -0.193. The Balaban J connectivity index is 0.966. The van der Waals surface area contributed by atoms with Crippen molar-refractivity contribution in [2.45, 2.75) is 141 Å². The summed E-state index contributed by atoms with van der Waals surface area (Å²) in [6, 6.07) is 0.